The molecule has 2 heterocycles. The molecule has 5 nitrogen and oxygen atoms in total. The van der Waals surface area contributed by atoms with Crippen molar-refractivity contribution in [3.8, 4) is 0 Å². The fraction of sp³-hybridized carbons (Fsp3) is 0.556. The van der Waals surface area contributed by atoms with Gasteiger partial charge in [0.2, 0.25) is 0 Å². The molecule has 0 radical (unpaired) electrons. The van der Waals surface area contributed by atoms with Crippen LogP contribution in [-0.2, 0) is 6.54 Å². The van der Waals surface area contributed by atoms with E-state index in [0.29, 0.717) is 0 Å². The van der Waals surface area contributed by atoms with E-state index in [1.54, 1.807) is 6.20 Å². The molecule has 76 valence electrons. The number of nitrogens with one attached hydrogen (secondary N) is 2. The summed E-state index contributed by atoms with van der Waals surface area (Å²) < 4.78 is 2.07. The lowest BCUT2D eigenvalue weighted by molar-refractivity contribution is 0.628. The number of hydrogen-bond donors (Lipinski definition) is 2. The van der Waals surface area contributed by atoms with E-state index in [4.69, 9.17) is 0 Å². The SMILES string of the molecule is c1cn(CCCNC2=NCCN2)cn1. The van der Waals surface area contributed by atoms with Gasteiger partial charge < -0.3 is 15.2 Å². The van der Waals surface area contributed by atoms with E-state index in [1.165, 1.54) is 0 Å². The molecule has 2 rings (SSSR count). The molecule has 2 N–H and O–H groups in total. The Kier molecular flexibility index (Phi) is 3.00. The summed E-state index contributed by atoms with van der Waals surface area (Å²) in [5, 5.41) is 6.42. The molecule has 0 saturated heterocycles. The second-order valence-corrected chi connectivity index (χ2v) is 3.24. The predicted octanol–water partition coefficient (Wildman–Crippen LogP) is -0.178. The van der Waals surface area contributed by atoms with Gasteiger partial charge in [-0.1, -0.05) is 0 Å². The van der Waals surface area contributed by atoms with Crippen LogP contribution in [0.3, 0.4) is 0 Å². The molecule has 0 spiro atoms. The Labute approximate surface area is 83.2 Å². The van der Waals surface area contributed by atoms with Gasteiger partial charge in [0.05, 0.1) is 12.9 Å². The summed E-state index contributed by atoms with van der Waals surface area (Å²) in [4.78, 5) is 8.23. The second-order valence-electron chi connectivity index (χ2n) is 3.24. The van der Waals surface area contributed by atoms with Crippen LogP contribution in [0.25, 0.3) is 0 Å². The Balaban J connectivity index is 1.59. The number of guanidine groups is 1. The van der Waals surface area contributed by atoms with Crippen molar-refractivity contribution in [3.63, 3.8) is 0 Å². The van der Waals surface area contributed by atoms with Crippen molar-refractivity contribution in [3.05, 3.63) is 18.7 Å². The fourth-order valence-corrected chi connectivity index (χ4v) is 1.40. The number of hydrogen-bond acceptors (Lipinski definition) is 4. The monoisotopic (exact) mass is 193 g/mol. The Bertz CT molecular complexity index is 290. The van der Waals surface area contributed by atoms with Crippen LogP contribution in [0.15, 0.2) is 23.7 Å². The molecule has 0 aliphatic carbocycles. The molecule has 0 fully saturated rings. The quantitative estimate of drug-likeness (QED) is 0.652. The van der Waals surface area contributed by atoms with Gasteiger partial charge in [0.1, 0.15) is 0 Å². The lowest BCUT2D eigenvalue weighted by atomic mass is 10.4. The average molecular weight is 193 g/mol. The average Bonchev–Trinajstić information content (AvgIpc) is 2.86. The molecule has 0 atom stereocenters. The van der Waals surface area contributed by atoms with E-state index < -0.39 is 0 Å². The van der Waals surface area contributed by atoms with Gasteiger partial charge in [0.15, 0.2) is 5.96 Å². The zero-order valence-corrected chi connectivity index (χ0v) is 8.11. The number of rotatable bonds is 4. The highest BCUT2D eigenvalue weighted by molar-refractivity contribution is 5.81. The minimum Gasteiger partial charge on any atom is -0.356 e. The minimum absolute atomic E-state index is 0.893. The lowest BCUT2D eigenvalue weighted by Crippen LogP contribution is -2.34. The molecular formula is C9H15N5. The van der Waals surface area contributed by atoms with Gasteiger partial charge >= 0.3 is 0 Å². The maximum Gasteiger partial charge on any atom is 0.191 e. The second kappa shape index (κ2) is 4.64. The number of aryl methyl sites for hydroxylation is 1. The van der Waals surface area contributed by atoms with Crippen molar-refractivity contribution < 1.29 is 0 Å². The molecule has 0 saturated carbocycles. The first-order chi connectivity index (χ1) is 6.95. The Morgan fingerprint density at radius 2 is 2.57 bits per heavy atom. The third-order valence-electron chi connectivity index (χ3n) is 2.12. The lowest BCUT2D eigenvalue weighted by Gasteiger charge is -2.06. The van der Waals surface area contributed by atoms with Gasteiger partial charge in [-0.05, 0) is 6.42 Å². The van der Waals surface area contributed by atoms with Crippen molar-refractivity contribution in [1.82, 2.24) is 20.2 Å². The van der Waals surface area contributed by atoms with Gasteiger partial charge in [-0.15, -0.1) is 0 Å². The van der Waals surface area contributed by atoms with E-state index in [-0.39, 0.29) is 0 Å². The summed E-state index contributed by atoms with van der Waals surface area (Å²) in [6.07, 6.45) is 6.70. The predicted molar refractivity (Wildman–Crippen MR) is 55.2 cm³/mol. The highest BCUT2D eigenvalue weighted by Crippen LogP contribution is 1.89. The van der Waals surface area contributed by atoms with E-state index in [9.17, 15) is 0 Å². The third-order valence-corrected chi connectivity index (χ3v) is 2.12. The van der Waals surface area contributed by atoms with Crippen LogP contribution in [-0.4, -0.2) is 35.1 Å². The number of aliphatic imine (C=N–C) groups is 1. The number of nitrogens with zero attached hydrogens (tertiary/aromatic N) is 3. The van der Waals surface area contributed by atoms with Crippen molar-refractivity contribution in [2.24, 2.45) is 4.99 Å². The molecule has 0 aromatic carbocycles. The van der Waals surface area contributed by atoms with E-state index >= 15 is 0 Å². The van der Waals surface area contributed by atoms with Crippen LogP contribution in [0.4, 0.5) is 0 Å². The first kappa shape index (κ1) is 9.05. The summed E-state index contributed by atoms with van der Waals surface area (Å²) in [6, 6.07) is 0. The molecule has 1 aliphatic heterocycles. The van der Waals surface area contributed by atoms with Crippen molar-refractivity contribution in [2.75, 3.05) is 19.6 Å². The normalized spacial score (nSPS) is 15.0. The smallest absolute Gasteiger partial charge is 0.191 e. The van der Waals surface area contributed by atoms with Crippen LogP contribution in [0.5, 0.6) is 0 Å². The van der Waals surface area contributed by atoms with E-state index in [0.717, 1.165) is 38.6 Å². The Morgan fingerprint density at radius 3 is 3.29 bits per heavy atom. The van der Waals surface area contributed by atoms with Crippen LogP contribution in [0.2, 0.25) is 0 Å². The van der Waals surface area contributed by atoms with Crippen molar-refractivity contribution in [2.45, 2.75) is 13.0 Å². The molecule has 0 unspecified atom stereocenters. The van der Waals surface area contributed by atoms with Gasteiger partial charge in [-0.25, -0.2) is 4.98 Å². The molecule has 1 aliphatic rings. The largest absolute Gasteiger partial charge is 0.356 e. The fourth-order valence-electron chi connectivity index (χ4n) is 1.40. The summed E-state index contributed by atoms with van der Waals surface area (Å²) in [7, 11) is 0. The molecule has 14 heavy (non-hydrogen) atoms. The Hall–Kier alpha value is -1.52. The summed E-state index contributed by atoms with van der Waals surface area (Å²) in [5.41, 5.74) is 0. The highest BCUT2D eigenvalue weighted by atomic mass is 15.2. The van der Waals surface area contributed by atoms with E-state index in [2.05, 4.69) is 25.2 Å². The van der Waals surface area contributed by atoms with Crippen LogP contribution in [0.1, 0.15) is 6.42 Å². The van der Waals surface area contributed by atoms with Gasteiger partial charge in [0, 0.05) is 32.0 Å². The zero-order valence-electron chi connectivity index (χ0n) is 8.11. The van der Waals surface area contributed by atoms with Crippen LogP contribution >= 0.6 is 0 Å². The van der Waals surface area contributed by atoms with Crippen molar-refractivity contribution in [1.29, 1.82) is 0 Å². The van der Waals surface area contributed by atoms with Gasteiger partial charge in [-0.2, -0.15) is 0 Å². The van der Waals surface area contributed by atoms with Crippen LogP contribution in [0, 0.1) is 0 Å². The topological polar surface area (TPSA) is 54.2 Å². The first-order valence-corrected chi connectivity index (χ1v) is 4.93. The maximum atomic E-state index is 4.25. The molecule has 1 aromatic rings. The zero-order chi connectivity index (χ0) is 9.64. The highest BCUT2D eigenvalue weighted by Gasteiger charge is 2.02. The van der Waals surface area contributed by atoms with Gasteiger partial charge in [-0.3, -0.25) is 4.99 Å². The van der Waals surface area contributed by atoms with Crippen molar-refractivity contribution >= 4 is 5.96 Å². The molecule has 5 heteroatoms. The molecular weight excluding hydrogens is 178 g/mol. The molecule has 1 aromatic heterocycles. The van der Waals surface area contributed by atoms with Gasteiger partial charge in [0.25, 0.3) is 0 Å². The number of imidazole rings is 1. The van der Waals surface area contributed by atoms with E-state index in [1.807, 2.05) is 12.5 Å². The standard InChI is InChI=1S/C9H15N5/c1(6-14-7-5-10-8-14)2-11-9-12-3-4-13-9/h5,7-8H,1-4,6H2,(H2,11,12,13). The summed E-state index contributed by atoms with van der Waals surface area (Å²) in [6.45, 7) is 3.80. The Morgan fingerprint density at radius 1 is 1.57 bits per heavy atom. The third kappa shape index (κ3) is 2.48. The summed E-state index contributed by atoms with van der Waals surface area (Å²) in [5.74, 6) is 0.940. The summed E-state index contributed by atoms with van der Waals surface area (Å²) >= 11 is 0. The molecule has 0 bridgehead atoms. The molecule has 0 amide bonds. The maximum absolute atomic E-state index is 4.25. The first-order valence-electron chi connectivity index (χ1n) is 4.93. The number of aromatic nitrogens is 2. The van der Waals surface area contributed by atoms with Crippen LogP contribution < -0.4 is 10.6 Å². The minimum atomic E-state index is 0.893.